The predicted molar refractivity (Wildman–Crippen MR) is 70.2 cm³/mol. The lowest BCUT2D eigenvalue weighted by molar-refractivity contribution is 0.196. The van der Waals surface area contributed by atoms with E-state index in [1.165, 1.54) is 4.31 Å². The van der Waals surface area contributed by atoms with Crippen LogP contribution in [0.25, 0.3) is 0 Å². The molecule has 1 aliphatic heterocycles. The Hall–Kier alpha value is -0.700. The summed E-state index contributed by atoms with van der Waals surface area (Å²) in [5.74, 6) is 0.250. The molecule has 7 nitrogen and oxygen atoms in total. The molecule has 0 aromatic heterocycles. The maximum absolute atomic E-state index is 12.0. The summed E-state index contributed by atoms with van der Waals surface area (Å²) in [6.45, 7) is 3.08. The zero-order chi connectivity index (χ0) is 13.6. The fraction of sp³-hybridized carbons (Fsp3) is 0.900. The molecule has 1 saturated heterocycles. The highest BCUT2D eigenvalue weighted by Crippen LogP contribution is 2.08. The van der Waals surface area contributed by atoms with Crippen LogP contribution in [0.4, 0.5) is 0 Å². The third kappa shape index (κ3) is 4.89. The zero-order valence-corrected chi connectivity index (χ0v) is 11.6. The number of rotatable bonds is 7. The van der Waals surface area contributed by atoms with E-state index < -0.39 is 10.0 Å². The van der Waals surface area contributed by atoms with Gasteiger partial charge < -0.3 is 10.5 Å². The minimum absolute atomic E-state index is 0.117. The topological polar surface area (TPSA) is 99.7 Å². The molecular weight excluding hydrogens is 256 g/mol. The molecule has 3 N–H and O–H groups in total. The van der Waals surface area contributed by atoms with Crippen LogP contribution < -0.4 is 5.73 Å². The maximum atomic E-state index is 12.0. The minimum Gasteiger partial charge on any atom is -0.387 e. The average Bonchev–Trinajstić information content (AvgIpc) is 2.29. The molecule has 1 rings (SSSR count). The van der Waals surface area contributed by atoms with Gasteiger partial charge in [0.25, 0.3) is 0 Å². The fourth-order valence-electron chi connectivity index (χ4n) is 1.92. The first kappa shape index (κ1) is 15.4. The number of ether oxygens (including phenoxy) is 1. The number of hydrogen-bond donors (Lipinski definition) is 2. The summed E-state index contributed by atoms with van der Waals surface area (Å²) in [4.78, 5) is 1.99. The van der Waals surface area contributed by atoms with Crippen molar-refractivity contribution in [3.05, 3.63) is 0 Å². The Morgan fingerprint density at radius 1 is 1.33 bits per heavy atom. The summed E-state index contributed by atoms with van der Waals surface area (Å²) < 4.78 is 30.3. The van der Waals surface area contributed by atoms with Crippen molar-refractivity contribution in [2.24, 2.45) is 5.73 Å². The molecule has 0 unspecified atom stereocenters. The first-order valence-electron chi connectivity index (χ1n) is 5.97. The molecule has 0 saturated carbocycles. The van der Waals surface area contributed by atoms with E-state index in [2.05, 4.69) is 0 Å². The van der Waals surface area contributed by atoms with Gasteiger partial charge in [-0.2, -0.15) is 4.31 Å². The van der Waals surface area contributed by atoms with Gasteiger partial charge in [-0.3, -0.25) is 10.3 Å². The molecule has 0 aliphatic carbocycles. The number of sulfonamides is 1. The summed E-state index contributed by atoms with van der Waals surface area (Å²) in [5, 5.41) is 7.21. The second-order valence-electron chi connectivity index (χ2n) is 4.36. The monoisotopic (exact) mass is 278 g/mol. The van der Waals surface area contributed by atoms with Crippen LogP contribution in [0.3, 0.4) is 0 Å². The Kier molecular flexibility index (Phi) is 6.00. The molecule has 0 aromatic carbocycles. The molecule has 1 heterocycles. The average molecular weight is 278 g/mol. The summed E-state index contributed by atoms with van der Waals surface area (Å²) in [7, 11) is -1.60. The van der Waals surface area contributed by atoms with Gasteiger partial charge in [-0.1, -0.05) is 0 Å². The Bertz CT molecular complexity index is 363. The third-order valence-electron chi connectivity index (χ3n) is 2.87. The molecule has 1 aliphatic rings. The Morgan fingerprint density at radius 3 is 2.44 bits per heavy atom. The van der Waals surface area contributed by atoms with Gasteiger partial charge in [0.05, 0.1) is 12.3 Å². The van der Waals surface area contributed by atoms with Gasteiger partial charge in [-0.25, -0.2) is 8.42 Å². The van der Waals surface area contributed by atoms with Crippen molar-refractivity contribution < 1.29 is 13.2 Å². The molecule has 1 fully saturated rings. The molecule has 0 atom stereocenters. The number of nitrogens with zero attached hydrogens (tertiary/aromatic N) is 2. The van der Waals surface area contributed by atoms with Crippen molar-refractivity contribution >= 4 is 15.9 Å². The van der Waals surface area contributed by atoms with Crippen LogP contribution >= 0.6 is 0 Å². The van der Waals surface area contributed by atoms with E-state index in [9.17, 15) is 8.42 Å². The lowest BCUT2D eigenvalue weighted by Gasteiger charge is -2.33. The summed E-state index contributed by atoms with van der Waals surface area (Å²) in [6, 6.07) is 0. The van der Waals surface area contributed by atoms with Gasteiger partial charge >= 0.3 is 0 Å². The van der Waals surface area contributed by atoms with Crippen LogP contribution in [0.1, 0.15) is 6.42 Å². The lowest BCUT2D eigenvalue weighted by Crippen LogP contribution is -2.51. The van der Waals surface area contributed by atoms with Crippen LogP contribution in [0.15, 0.2) is 0 Å². The largest absolute Gasteiger partial charge is 0.387 e. The number of nitrogens with one attached hydrogen (secondary N) is 1. The Balaban J connectivity index is 2.39. The molecule has 8 heteroatoms. The van der Waals surface area contributed by atoms with Gasteiger partial charge in [0.15, 0.2) is 0 Å². The number of methoxy groups -OCH3 is 1. The Morgan fingerprint density at radius 2 is 1.94 bits per heavy atom. The van der Waals surface area contributed by atoms with Gasteiger partial charge in [0.1, 0.15) is 5.84 Å². The van der Waals surface area contributed by atoms with E-state index in [1.54, 1.807) is 7.11 Å². The van der Waals surface area contributed by atoms with E-state index in [4.69, 9.17) is 15.9 Å². The first-order valence-corrected chi connectivity index (χ1v) is 7.58. The normalized spacial score (nSPS) is 18.9. The van der Waals surface area contributed by atoms with Crippen LogP contribution in [0.2, 0.25) is 0 Å². The second kappa shape index (κ2) is 7.03. The zero-order valence-electron chi connectivity index (χ0n) is 10.8. The second-order valence-corrected chi connectivity index (χ2v) is 6.45. The number of amidine groups is 1. The van der Waals surface area contributed by atoms with E-state index >= 15 is 0 Å². The number of hydrogen-bond acceptors (Lipinski definition) is 5. The van der Waals surface area contributed by atoms with Gasteiger partial charge in [0.2, 0.25) is 10.0 Å². The summed E-state index contributed by atoms with van der Waals surface area (Å²) in [5.41, 5.74) is 5.32. The van der Waals surface area contributed by atoms with Crippen LogP contribution in [-0.2, 0) is 14.8 Å². The molecule has 0 aromatic rings. The molecule has 0 radical (unpaired) electrons. The highest BCUT2D eigenvalue weighted by molar-refractivity contribution is 7.89. The quantitative estimate of drug-likeness (QED) is 0.350. The smallest absolute Gasteiger partial charge is 0.214 e. The highest BCUT2D eigenvalue weighted by Gasteiger charge is 2.26. The van der Waals surface area contributed by atoms with Crippen LogP contribution in [-0.4, -0.2) is 75.7 Å². The van der Waals surface area contributed by atoms with Gasteiger partial charge in [-0.05, 0) is 6.42 Å². The van der Waals surface area contributed by atoms with E-state index in [0.29, 0.717) is 45.8 Å². The maximum Gasteiger partial charge on any atom is 0.214 e. The Labute approximate surface area is 108 Å². The third-order valence-corrected chi connectivity index (χ3v) is 4.83. The first-order chi connectivity index (χ1) is 8.45. The number of piperazine rings is 1. The minimum atomic E-state index is -3.17. The molecule has 0 amide bonds. The van der Waals surface area contributed by atoms with Crippen molar-refractivity contribution in [2.45, 2.75) is 6.42 Å². The fourth-order valence-corrected chi connectivity index (χ4v) is 3.38. The van der Waals surface area contributed by atoms with E-state index in [0.717, 1.165) is 0 Å². The van der Waals surface area contributed by atoms with Crippen molar-refractivity contribution in [3.63, 3.8) is 0 Å². The summed E-state index contributed by atoms with van der Waals surface area (Å²) >= 11 is 0. The highest BCUT2D eigenvalue weighted by atomic mass is 32.2. The van der Waals surface area contributed by atoms with Crippen molar-refractivity contribution in [1.29, 1.82) is 5.41 Å². The van der Waals surface area contributed by atoms with Crippen molar-refractivity contribution in [1.82, 2.24) is 9.21 Å². The molecular formula is C10H22N4O3S. The predicted octanol–water partition coefficient (Wildman–Crippen LogP) is -1.09. The van der Waals surface area contributed by atoms with E-state index in [-0.39, 0.29) is 11.6 Å². The van der Waals surface area contributed by atoms with Crippen LogP contribution in [0, 0.1) is 5.41 Å². The van der Waals surface area contributed by atoms with Gasteiger partial charge in [-0.15, -0.1) is 0 Å². The van der Waals surface area contributed by atoms with E-state index in [1.807, 2.05) is 4.90 Å². The number of nitrogens with two attached hydrogens (primary N) is 1. The van der Waals surface area contributed by atoms with Crippen molar-refractivity contribution in [2.75, 3.05) is 52.2 Å². The molecule has 0 spiro atoms. The van der Waals surface area contributed by atoms with Gasteiger partial charge in [0, 0.05) is 39.9 Å². The van der Waals surface area contributed by atoms with Crippen molar-refractivity contribution in [3.8, 4) is 0 Å². The lowest BCUT2D eigenvalue weighted by atomic mass is 10.3. The molecule has 0 bridgehead atoms. The van der Waals surface area contributed by atoms with Crippen LogP contribution in [0.5, 0.6) is 0 Å². The standard InChI is InChI=1S/C10H22N4O3S/c1-17-7-2-8-18(15,16)14-5-3-13(4-6-14)9-10(11)12/h2-9H2,1H3,(H3,11,12). The SMILES string of the molecule is COCCCS(=O)(=O)N1CCN(CC(=N)N)CC1. The summed E-state index contributed by atoms with van der Waals surface area (Å²) in [6.07, 6.45) is 0.520. The molecule has 106 valence electrons. The molecule has 18 heavy (non-hydrogen) atoms.